The molecule has 0 saturated heterocycles. The monoisotopic (exact) mass is 272 g/mol. The second kappa shape index (κ2) is 7.40. The number of methoxy groups -OCH3 is 1. The molecule has 19 heavy (non-hydrogen) atoms. The van der Waals surface area contributed by atoms with E-state index in [1.807, 2.05) is 18.7 Å². The molecule has 1 rings (SSSR count). The van der Waals surface area contributed by atoms with Gasteiger partial charge in [-0.15, -0.1) is 0 Å². The molecule has 0 aliphatic carbocycles. The van der Waals surface area contributed by atoms with E-state index in [9.17, 15) is 8.78 Å². The van der Waals surface area contributed by atoms with Crippen LogP contribution in [-0.4, -0.2) is 26.3 Å². The Balaban J connectivity index is 3.11. The zero-order valence-corrected chi connectivity index (χ0v) is 11.7. The fourth-order valence-electron chi connectivity index (χ4n) is 1.95. The van der Waals surface area contributed by atoms with E-state index in [2.05, 4.69) is 0 Å². The number of rotatable bonds is 7. The lowest BCUT2D eigenvalue weighted by Gasteiger charge is -2.31. The van der Waals surface area contributed by atoms with Crippen LogP contribution in [0.3, 0.4) is 0 Å². The van der Waals surface area contributed by atoms with Gasteiger partial charge in [0.1, 0.15) is 0 Å². The number of benzene rings is 1. The van der Waals surface area contributed by atoms with Gasteiger partial charge < -0.3 is 15.4 Å². The van der Waals surface area contributed by atoms with Crippen LogP contribution < -0.4 is 10.6 Å². The summed E-state index contributed by atoms with van der Waals surface area (Å²) in [5, 5.41) is 0. The summed E-state index contributed by atoms with van der Waals surface area (Å²) in [6, 6.07) is 3.23. The lowest BCUT2D eigenvalue weighted by atomic mass is 10.1. The molecule has 0 aromatic heterocycles. The standard InChI is InChI=1S/C14H22F2N2O/c1-4-10(2)18(7-8-19-3)12-6-5-11(9-17)13(15)14(12)16/h5-6,10H,4,7-9,17H2,1-3H3. The highest BCUT2D eigenvalue weighted by molar-refractivity contribution is 5.50. The van der Waals surface area contributed by atoms with Gasteiger partial charge in [0.05, 0.1) is 12.3 Å². The second-order valence-corrected chi connectivity index (χ2v) is 4.52. The van der Waals surface area contributed by atoms with Crippen LogP contribution in [-0.2, 0) is 11.3 Å². The van der Waals surface area contributed by atoms with Crippen molar-refractivity contribution in [1.82, 2.24) is 0 Å². The zero-order valence-electron chi connectivity index (χ0n) is 11.7. The highest BCUT2D eigenvalue weighted by Gasteiger charge is 2.20. The largest absolute Gasteiger partial charge is 0.383 e. The van der Waals surface area contributed by atoms with Crippen molar-refractivity contribution in [2.45, 2.75) is 32.9 Å². The van der Waals surface area contributed by atoms with Gasteiger partial charge in [-0.2, -0.15) is 0 Å². The van der Waals surface area contributed by atoms with Gasteiger partial charge in [-0.3, -0.25) is 0 Å². The number of hydrogen-bond acceptors (Lipinski definition) is 3. The van der Waals surface area contributed by atoms with E-state index in [1.165, 1.54) is 6.07 Å². The fourth-order valence-corrected chi connectivity index (χ4v) is 1.95. The molecule has 5 heteroatoms. The summed E-state index contributed by atoms with van der Waals surface area (Å²) in [6.07, 6.45) is 0.837. The van der Waals surface area contributed by atoms with E-state index in [1.54, 1.807) is 13.2 Å². The van der Waals surface area contributed by atoms with Gasteiger partial charge in [0.25, 0.3) is 0 Å². The lowest BCUT2D eigenvalue weighted by Crippen LogP contribution is -2.36. The third-order valence-corrected chi connectivity index (χ3v) is 3.33. The van der Waals surface area contributed by atoms with Gasteiger partial charge >= 0.3 is 0 Å². The van der Waals surface area contributed by atoms with Crippen LogP contribution in [0.5, 0.6) is 0 Å². The molecule has 0 amide bonds. The van der Waals surface area contributed by atoms with Crippen molar-refractivity contribution in [3.63, 3.8) is 0 Å². The van der Waals surface area contributed by atoms with Gasteiger partial charge in [0, 0.05) is 31.8 Å². The average Bonchev–Trinajstić information content (AvgIpc) is 2.43. The minimum absolute atomic E-state index is 0.00949. The summed E-state index contributed by atoms with van der Waals surface area (Å²) in [7, 11) is 1.59. The second-order valence-electron chi connectivity index (χ2n) is 4.52. The van der Waals surface area contributed by atoms with Crippen LogP contribution in [0.15, 0.2) is 12.1 Å². The summed E-state index contributed by atoms with van der Waals surface area (Å²) in [6.45, 7) is 4.95. The molecule has 0 heterocycles. The van der Waals surface area contributed by atoms with Crippen molar-refractivity contribution in [3.8, 4) is 0 Å². The van der Waals surface area contributed by atoms with Crippen LogP contribution in [0.4, 0.5) is 14.5 Å². The Morgan fingerprint density at radius 2 is 2.00 bits per heavy atom. The molecule has 1 unspecified atom stereocenters. The summed E-state index contributed by atoms with van der Waals surface area (Å²) >= 11 is 0. The van der Waals surface area contributed by atoms with E-state index in [4.69, 9.17) is 10.5 Å². The first kappa shape index (κ1) is 15.9. The molecular weight excluding hydrogens is 250 g/mol. The molecule has 0 aliphatic rings. The SMILES string of the molecule is CCC(C)N(CCOC)c1ccc(CN)c(F)c1F. The fraction of sp³-hybridized carbons (Fsp3) is 0.571. The quantitative estimate of drug-likeness (QED) is 0.829. The van der Waals surface area contributed by atoms with E-state index in [-0.39, 0.29) is 23.8 Å². The van der Waals surface area contributed by atoms with Gasteiger partial charge in [0.15, 0.2) is 11.6 Å². The molecule has 1 aromatic rings. The summed E-state index contributed by atoms with van der Waals surface area (Å²) in [5.41, 5.74) is 5.83. The summed E-state index contributed by atoms with van der Waals surface area (Å²) < 4.78 is 32.9. The molecule has 0 saturated carbocycles. The molecule has 3 nitrogen and oxygen atoms in total. The van der Waals surface area contributed by atoms with Gasteiger partial charge in [-0.05, 0) is 19.4 Å². The Labute approximate surface area is 113 Å². The Kier molecular flexibility index (Phi) is 6.18. The van der Waals surface area contributed by atoms with Crippen LogP contribution in [0, 0.1) is 11.6 Å². The third-order valence-electron chi connectivity index (χ3n) is 3.33. The smallest absolute Gasteiger partial charge is 0.182 e. The first-order valence-electron chi connectivity index (χ1n) is 6.49. The summed E-state index contributed by atoms with van der Waals surface area (Å²) in [5.74, 6) is -1.69. The van der Waals surface area contributed by atoms with E-state index in [0.717, 1.165) is 6.42 Å². The predicted octanol–water partition coefficient (Wildman–Crippen LogP) is 2.67. The molecule has 0 fully saturated rings. The molecule has 108 valence electrons. The molecule has 0 radical (unpaired) electrons. The minimum atomic E-state index is -0.856. The number of ether oxygens (including phenoxy) is 1. The maximum Gasteiger partial charge on any atom is 0.182 e. The van der Waals surface area contributed by atoms with E-state index in [0.29, 0.717) is 13.2 Å². The average molecular weight is 272 g/mol. The van der Waals surface area contributed by atoms with Crippen LogP contribution in [0.25, 0.3) is 0 Å². The van der Waals surface area contributed by atoms with E-state index >= 15 is 0 Å². The maximum atomic E-state index is 14.1. The maximum absolute atomic E-state index is 14.1. The number of nitrogens with zero attached hydrogens (tertiary/aromatic N) is 1. The number of nitrogens with two attached hydrogens (primary N) is 1. The topological polar surface area (TPSA) is 38.5 Å². The van der Waals surface area contributed by atoms with Crippen LogP contribution in [0.1, 0.15) is 25.8 Å². The van der Waals surface area contributed by atoms with Crippen molar-refractivity contribution < 1.29 is 13.5 Å². The van der Waals surface area contributed by atoms with Crippen molar-refractivity contribution in [2.24, 2.45) is 5.73 Å². The van der Waals surface area contributed by atoms with Crippen molar-refractivity contribution >= 4 is 5.69 Å². The molecule has 0 spiro atoms. The number of halogens is 2. The molecule has 0 bridgehead atoms. The van der Waals surface area contributed by atoms with Gasteiger partial charge in [-0.25, -0.2) is 8.78 Å². The van der Waals surface area contributed by atoms with E-state index < -0.39 is 11.6 Å². The van der Waals surface area contributed by atoms with Crippen LogP contribution >= 0.6 is 0 Å². The zero-order chi connectivity index (χ0) is 14.4. The first-order chi connectivity index (χ1) is 9.06. The minimum Gasteiger partial charge on any atom is -0.383 e. The highest BCUT2D eigenvalue weighted by atomic mass is 19.2. The first-order valence-corrected chi connectivity index (χ1v) is 6.49. The molecule has 2 N–H and O–H groups in total. The van der Waals surface area contributed by atoms with Crippen LogP contribution in [0.2, 0.25) is 0 Å². The van der Waals surface area contributed by atoms with Gasteiger partial charge in [-0.1, -0.05) is 13.0 Å². The Morgan fingerprint density at radius 1 is 1.32 bits per heavy atom. The molecule has 1 aromatic carbocycles. The van der Waals surface area contributed by atoms with Crippen molar-refractivity contribution in [3.05, 3.63) is 29.3 Å². The molecule has 0 aliphatic heterocycles. The molecule has 1 atom stereocenters. The number of hydrogen-bond donors (Lipinski definition) is 1. The molecular formula is C14H22F2N2O. The van der Waals surface area contributed by atoms with Gasteiger partial charge in [0.2, 0.25) is 0 Å². The Hall–Kier alpha value is -1.20. The van der Waals surface area contributed by atoms with Crippen molar-refractivity contribution in [2.75, 3.05) is 25.2 Å². The number of anilines is 1. The Bertz CT molecular complexity index is 413. The lowest BCUT2D eigenvalue weighted by molar-refractivity contribution is 0.203. The predicted molar refractivity (Wildman–Crippen MR) is 73.2 cm³/mol. The summed E-state index contributed by atoms with van der Waals surface area (Å²) in [4.78, 5) is 1.82. The van der Waals surface area contributed by atoms with Crippen molar-refractivity contribution in [1.29, 1.82) is 0 Å². The highest BCUT2D eigenvalue weighted by Crippen LogP contribution is 2.26. The Morgan fingerprint density at radius 3 is 2.53 bits per heavy atom. The third kappa shape index (κ3) is 3.64. The normalized spacial score (nSPS) is 12.5.